The van der Waals surface area contributed by atoms with Crippen LogP contribution in [-0.4, -0.2) is 20.5 Å². The molecule has 6 nitrogen and oxygen atoms in total. The van der Waals surface area contributed by atoms with Crippen LogP contribution in [0.2, 0.25) is 0 Å². The molecule has 0 aliphatic carbocycles. The highest BCUT2D eigenvalue weighted by Gasteiger charge is 2.14. The largest absolute Gasteiger partial charge is 0.478 e. The molecule has 4 rings (SSSR count). The zero-order valence-corrected chi connectivity index (χ0v) is 14.6. The third kappa shape index (κ3) is 3.32. The highest BCUT2D eigenvalue weighted by molar-refractivity contribution is 5.87. The molecule has 0 bridgehead atoms. The fourth-order valence-electron chi connectivity index (χ4n) is 2.80. The second kappa shape index (κ2) is 6.84. The van der Waals surface area contributed by atoms with Crippen molar-refractivity contribution in [2.75, 3.05) is 0 Å². The van der Waals surface area contributed by atoms with Crippen molar-refractivity contribution < 1.29 is 9.90 Å². The molecule has 27 heavy (non-hydrogen) atoms. The fraction of sp³-hybridized carbons (Fsp3) is 0.0476. The third-order valence-corrected chi connectivity index (χ3v) is 4.16. The third-order valence-electron chi connectivity index (χ3n) is 4.16. The lowest BCUT2D eigenvalue weighted by Gasteiger charge is -2.00. The summed E-state index contributed by atoms with van der Waals surface area (Å²) in [5.41, 5.74) is 4.35. The van der Waals surface area contributed by atoms with E-state index in [2.05, 4.69) is 10.2 Å². The van der Waals surface area contributed by atoms with Gasteiger partial charge in [-0.2, -0.15) is 0 Å². The van der Waals surface area contributed by atoms with Gasteiger partial charge in [0.25, 0.3) is 0 Å². The smallest absolute Gasteiger partial charge is 0.335 e. The number of aryl methyl sites for hydroxylation is 1. The van der Waals surface area contributed by atoms with E-state index in [1.807, 2.05) is 60.0 Å². The summed E-state index contributed by atoms with van der Waals surface area (Å²) in [6.07, 6.45) is 1.97. The Bertz CT molecular complexity index is 1150. The van der Waals surface area contributed by atoms with E-state index in [1.165, 1.54) is 12.1 Å². The molecule has 132 valence electrons. The van der Waals surface area contributed by atoms with E-state index in [-0.39, 0.29) is 5.56 Å². The summed E-state index contributed by atoms with van der Waals surface area (Å²) < 4.78 is 1.91. The van der Waals surface area contributed by atoms with Crippen molar-refractivity contribution in [3.8, 4) is 11.3 Å². The van der Waals surface area contributed by atoms with E-state index in [0.717, 1.165) is 22.5 Å². The molecule has 2 aromatic carbocycles. The fourth-order valence-corrected chi connectivity index (χ4v) is 2.80. The van der Waals surface area contributed by atoms with Crippen LogP contribution in [0.1, 0.15) is 15.9 Å². The summed E-state index contributed by atoms with van der Waals surface area (Å²) in [5.74, 6) is -0.343. The minimum atomic E-state index is -0.970. The molecule has 0 atom stereocenters. The first-order valence-corrected chi connectivity index (χ1v) is 8.41. The number of aromatic nitrogens is 2. The Hall–Kier alpha value is -3.80. The van der Waals surface area contributed by atoms with E-state index in [0.29, 0.717) is 11.5 Å². The van der Waals surface area contributed by atoms with Crippen molar-refractivity contribution in [3.05, 3.63) is 84.1 Å². The van der Waals surface area contributed by atoms with Gasteiger partial charge in [-0.05, 0) is 42.8 Å². The van der Waals surface area contributed by atoms with Crippen molar-refractivity contribution in [1.82, 2.24) is 9.38 Å². The SMILES string of the molecule is Cc1ccc2nc(-c3ccccc3)c(N=Nc3ccc(C(=O)O)cc3)n2c1. The number of benzene rings is 2. The first kappa shape index (κ1) is 16.7. The predicted molar refractivity (Wildman–Crippen MR) is 103 cm³/mol. The molecule has 0 radical (unpaired) electrons. The lowest BCUT2D eigenvalue weighted by Crippen LogP contribution is -1.93. The number of hydrogen-bond acceptors (Lipinski definition) is 4. The van der Waals surface area contributed by atoms with Gasteiger partial charge in [0.1, 0.15) is 11.3 Å². The molecule has 0 aliphatic rings. The minimum Gasteiger partial charge on any atom is -0.478 e. The van der Waals surface area contributed by atoms with Gasteiger partial charge in [-0.3, -0.25) is 4.40 Å². The van der Waals surface area contributed by atoms with Gasteiger partial charge in [0.15, 0.2) is 5.82 Å². The maximum Gasteiger partial charge on any atom is 0.335 e. The van der Waals surface area contributed by atoms with E-state index < -0.39 is 5.97 Å². The summed E-state index contributed by atoms with van der Waals surface area (Å²) >= 11 is 0. The zero-order chi connectivity index (χ0) is 18.8. The van der Waals surface area contributed by atoms with Crippen LogP contribution in [0.4, 0.5) is 11.5 Å². The monoisotopic (exact) mass is 356 g/mol. The van der Waals surface area contributed by atoms with Crippen LogP contribution < -0.4 is 0 Å². The standard InChI is InChI=1S/C21H16N4O2/c1-14-7-12-18-22-19(15-5-3-2-4-6-15)20(25(18)13-14)24-23-17-10-8-16(9-11-17)21(26)27/h2-13H,1H3,(H,26,27). The van der Waals surface area contributed by atoms with E-state index in [1.54, 1.807) is 12.1 Å². The first-order chi connectivity index (χ1) is 13.1. The molecule has 0 fully saturated rings. The van der Waals surface area contributed by atoms with Crippen molar-refractivity contribution in [2.24, 2.45) is 10.2 Å². The summed E-state index contributed by atoms with van der Waals surface area (Å²) in [4.78, 5) is 15.7. The van der Waals surface area contributed by atoms with Gasteiger partial charge < -0.3 is 5.11 Å². The van der Waals surface area contributed by atoms with Crippen LogP contribution in [0.15, 0.2) is 83.2 Å². The van der Waals surface area contributed by atoms with Crippen LogP contribution in [0, 0.1) is 6.92 Å². The lowest BCUT2D eigenvalue weighted by molar-refractivity contribution is 0.0697. The Morgan fingerprint density at radius 3 is 2.41 bits per heavy atom. The molecule has 0 amide bonds. The topological polar surface area (TPSA) is 79.3 Å². The number of carboxylic acids is 1. The number of aromatic carboxylic acids is 1. The highest BCUT2D eigenvalue weighted by atomic mass is 16.4. The molecule has 1 N–H and O–H groups in total. The van der Waals surface area contributed by atoms with Crippen LogP contribution >= 0.6 is 0 Å². The summed E-state index contributed by atoms with van der Waals surface area (Å²) in [6, 6.07) is 20.0. The van der Waals surface area contributed by atoms with Crippen LogP contribution in [0.5, 0.6) is 0 Å². The summed E-state index contributed by atoms with van der Waals surface area (Å²) in [7, 11) is 0. The number of carbonyl (C=O) groups is 1. The molecular formula is C21H16N4O2. The summed E-state index contributed by atoms with van der Waals surface area (Å²) in [5, 5.41) is 17.7. The van der Waals surface area contributed by atoms with Crippen LogP contribution in [-0.2, 0) is 0 Å². The molecule has 0 saturated heterocycles. The summed E-state index contributed by atoms with van der Waals surface area (Å²) in [6.45, 7) is 2.01. The number of nitrogens with zero attached hydrogens (tertiary/aromatic N) is 4. The number of azo groups is 1. The minimum absolute atomic E-state index is 0.212. The lowest BCUT2D eigenvalue weighted by atomic mass is 10.1. The average molecular weight is 356 g/mol. The van der Waals surface area contributed by atoms with Gasteiger partial charge in [0.2, 0.25) is 0 Å². The van der Waals surface area contributed by atoms with Gasteiger partial charge in [-0.25, -0.2) is 9.78 Å². The molecule has 6 heteroatoms. The Morgan fingerprint density at radius 1 is 0.963 bits per heavy atom. The molecular weight excluding hydrogens is 340 g/mol. The van der Waals surface area contributed by atoms with Crippen molar-refractivity contribution >= 4 is 23.1 Å². The van der Waals surface area contributed by atoms with Gasteiger partial charge in [-0.15, -0.1) is 10.2 Å². The van der Waals surface area contributed by atoms with Gasteiger partial charge in [0, 0.05) is 11.8 Å². The predicted octanol–water partition coefficient (Wildman–Crippen LogP) is 5.42. The molecule has 0 unspecified atom stereocenters. The Morgan fingerprint density at radius 2 is 1.70 bits per heavy atom. The first-order valence-electron chi connectivity index (χ1n) is 8.41. The molecule has 0 aliphatic heterocycles. The second-order valence-corrected chi connectivity index (χ2v) is 6.14. The average Bonchev–Trinajstić information content (AvgIpc) is 3.05. The van der Waals surface area contributed by atoms with Crippen molar-refractivity contribution in [2.45, 2.75) is 6.92 Å². The molecule has 0 saturated carbocycles. The van der Waals surface area contributed by atoms with Gasteiger partial charge in [0.05, 0.1) is 11.3 Å². The Kier molecular flexibility index (Phi) is 4.22. The Labute approximate surface area is 155 Å². The Balaban J connectivity index is 1.81. The highest BCUT2D eigenvalue weighted by Crippen LogP contribution is 2.32. The van der Waals surface area contributed by atoms with Crippen LogP contribution in [0.25, 0.3) is 16.9 Å². The normalized spacial score (nSPS) is 11.3. The number of carboxylic acid groups (broad SMARTS) is 1. The number of imidazole rings is 1. The molecule has 4 aromatic rings. The van der Waals surface area contributed by atoms with Gasteiger partial charge >= 0.3 is 5.97 Å². The van der Waals surface area contributed by atoms with E-state index in [4.69, 9.17) is 10.1 Å². The quantitative estimate of drug-likeness (QED) is 0.496. The molecule has 2 aromatic heterocycles. The number of rotatable bonds is 4. The van der Waals surface area contributed by atoms with Crippen molar-refractivity contribution in [1.29, 1.82) is 0 Å². The van der Waals surface area contributed by atoms with Gasteiger partial charge in [-0.1, -0.05) is 36.4 Å². The van der Waals surface area contributed by atoms with E-state index in [9.17, 15) is 4.79 Å². The van der Waals surface area contributed by atoms with Crippen LogP contribution in [0.3, 0.4) is 0 Å². The molecule has 0 spiro atoms. The number of hydrogen-bond donors (Lipinski definition) is 1. The number of pyridine rings is 1. The maximum atomic E-state index is 11.0. The second-order valence-electron chi connectivity index (χ2n) is 6.14. The molecule has 2 heterocycles. The maximum absolute atomic E-state index is 11.0. The zero-order valence-electron chi connectivity index (χ0n) is 14.6. The number of fused-ring (bicyclic) bond motifs is 1. The van der Waals surface area contributed by atoms with E-state index >= 15 is 0 Å². The van der Waals surface area contributed by atoms with Crippen molar-refractivity contribution in [3.63, 3.8) is 0 Å².